The second kappa shape index (κ2) is 8.72. The van der Waals surface area contributed by atoms with E-state index in [1.165, 1.54) is 0 Å². The molecule has 0 aliphatic heterocycles. The van der Waals surface area contributed by atoms with Crippen molar-refractivity contribution in [2.24, 2.45) is 0 Å². The highest BCUT2D eigenvalue weighted by Crippen LogP contribution is 2.16. The average molecular weight is 326 g/mol. The molecule has 24 heavy (non-hydrogen) atoms. The first-order chi connectivity index (χ1) is 11.6. The maximum absolute atomic E-state index is 12.2. The summed E-state index contributed by atoms with van der Waals surface area (Å²) in [5.41, 5.74) is 1.73. The molecule has 0 saturated heterocycles. The van der Waals surface area contributed by atoms with E-state index in [0.29, 0.717) is 30.0 Å². The van der Waals surface area contributed by atoms with Crippen molar-refractivity contribution < 1.29 is 14.3 Å². The maximum atomic E-state index is 12.2. The fourth-order valence-electron chi connectivity index (χ4n) is 2.12. The lowest BCUT2D eigenvalue weighted by Gasteiger charge is -2.08. The highest BCUT2D eigenvalue weighted by atomic mass is 16.5. The molecule has 5 heteroatoms. The molecule has 0 fully saturated rings. The molecule has 2 aromatic carbocycles. The molecule has 2 rings (SSSR count). The Hall–Kier alpha value is -2.82. The van der Waals surface area contributed by atoms with Crippen LogP contribution in [-0.2, 0) is 0 Å². The van der Waals surface area contributed by atoms with Gasteiger partial charge in [-0.15, -0.1) is 0 Å². The van der Waals surface area contributed by atoms with Crippen molar-refractivity contribution in [3.63, 3.8) is 0 Å². The van der Waals surface area contributed by atoms with Gasteiger partial charge >= 0.3 is 0 Å². The van der Waals surface area contributed by atoms with E-state index in [-0.39, 0.29) is 11.8 Å². The van der Waals surface area contributed by atoms with Crippen molar-refractivity contribution in [1.82, 2.24) is 5.32 Å². The number of carbonyl (C=O) groups is 2. The number of amides is 2. The summed E-state index contributed by atoms with van der Waals surface area (Å²) >= 11 is 0. The van der Waals surface area contributed by atoms with Crippen molar-refractivity contribution in [1.29, 1.82) is 0 Å². The van der Waals surface area contributed by atoms with E-state index in [2.05, 4.69) is 10.6 Å². The van der Waals surface area contributed by atoms with Crippen LogP contribution in [0.1, 0.15) is 41.0 Å². The van der Waals surface area contributed by atoms with Crippen molar-refractivity contribution in [3.05, 3.63) is 59.7 Å². The van der Waals surface area contributed by atoms with E-state index >= 15 is 0 Å². The van der Waals surface area contributed by atoms with E-state index in [1.54, 1.807) is 48.5 Å². The Labute approximate surface area is 142 Å². The molecule has 0 aliphatic carbocycles. The summed E-state index contributed by atoms with van der Waals surface area (Å²) in [6.07, 6.45) is 0.883. The van der Waals surface area contributed by atoms with Crippen molar-refractivity contribution >= 4 is 17.5 Å². The molecule has 0 spiro atoms. The number of nitrogens with one attached hydrogen (secondary N) is 2. The molecule has 0 aromatic heterocycles. The smallest absolute Gasteiger partial charge is 0.255 e. The summed E-state index contributed by atoms with van der Waals surface area (Å²) in [4.78, 5) is 24.1. The highest BCUT2D eigenvalue weighted by molar-refractivity contribution is 6.05. The minimum Gasteiger partial charge on any atom is -0.494 e. The Morgan fingerprint density at radius 3 is 2.00 bits per heavy atom. The van der Waals surface area contributed by atoms with Crippen LogP contribution in [0.2, 0.25) is 0 Å². The molecule has 0 aliphatic rings. The molecule has 0 bridgehead atoms. The summed E-state index contributed by atoms with van der Waals surface area (Å²) in [5, 5.41) is 5.62. The van der Waals surface area contributed by atoms with Gasteiger partial charge in [-0.05, 0) is 61.9 Å². The first kappa shape index (κ1) is 17.5. The lowest BCUT2D eigenvalue weighted by atomic mass is 10.1. The van der Waals surface area contributed by atoms with Crippen LogP contribution in [0.3, 0.4) is 0 Å². The molecular weight excluding hydrogens is 304 g/mol. The van der Waals surface area contributed by atoms with Gasteiger partial charge in [-0.25, -0.2) is 0 Å². The third-order valence-electron chi connectivity index (χ3n) is 3.37. The largest absolute Gasteiger partial charge is 0.494 e. The van der Waals surface area contributed by atoms with Gasteiger partial charge < -0.3 is 15.4 Å². The van der Waals surface area contributed by atoms with Crippen LogP contribution in [0.15, 0.2) is 48.5 Å². The molecule has 0 saturated carbocycles. The molecule has 0 radical (unpaired) electrons. The normalized spacial score (nSPS) is 10.1. The first-order valence-corrected chi connectivity index (χ1v) is 8.06. The summed E-state index contributed by atoms with van der Waals surface area (Å²) in [7, 11) is 0. The van der Waals surface area contributed by atoms with Crippen molar-refractivity contribution in [3.8, 4) is 5.75 Å². The standard InChI is InChI=1S/C19H22N2O3/c1-3-13-20-18(22)14-5-7-15(8-6-14)19(23)21-16-9-11-17(12-10-16)24-4-2/h5-12H,3-4,13H2,1-2H3,(H,20,22)(H,21,23). The highest BCUT2D eigenvalue weighted by Gasteiger charge is 2.09. The van der Waals surface area contributed by atoms with Gasteiger partial charge in [-0.3, -0.25) is 9.59 Å². The number of ether oxygens (including phenoxy) is 1. The number of hydrogen-bond acceptors (Lipinski definition) is 3. The van der Waals surface area contributed by atoms with Crippen molar-refractivity contribution in [2.75, 3.05) is 18.5 Å². The molecule has 0 heterocycles. The van der Waals surface area contributed by atoms with Gasteiger partial charge in [-0.2, -0.15) is 0 Å². The summed E-state index contributed by atoms with van der Waals surface area (Å²) in [5.74, 6) is 0.410. The van der Waals surface area contributed by atoms with Crippen LogP contribution in [0.25, 0.3) is 0 Å². The van der Waals surface area contributed by atoms with Gasteiger partial charge in [-0.1, -0.05) is 6.92 Å². The minimum absolute atomic E-state index is 0.129. The molecule has 5 nitrogen and oxygen atoms in total. The second-order valence-electron chi connectivity index (χ2n) is 5.24. The van der Waals surface area contributed by atoms with Crippen LogP contribution in [0.4, 0.5) is 5.69 Å². The van der Waals surface area contributed by atoms with Crippen LogP contribution < -0.4 is 15.4 Å². The number of hydrogen-bond donors (Lipinski definition) is 2. The number of carbonyl (C=O) groups excluding carboxylic acids is 2. The molecule has 126 valence electrons. The Morgan fingerprint density at radius 2 is 1.46 bits per heavy atom. The van der Waals surface area contributed by atoms with Gasteiger partial charge in [0.2, 0.25) is 0 Å². The third-order valence-corrected chi connectivity index (χ3v) is 3.37. The second-order valence-corrected chi connectivity index (χ2v) is 5.24. The molecule has 2 amide bonds. The third kappa shape index (κ3) is 4.84. The fourth-order valence-corrected chi connectivity index (χ4v) is 2.12. The predicted octanol–water partition coefficient (Wildman–Crippen LogP) is 3.48. The Bertz CT molecular complexity index is 679. The SMILES string of the molecule is CCCNC(=O)c1ccc(C(=O)Nc2ccc(OCC)cc2)cc1. The number of anilines is 1. The van der Waals surface area contributed by atoms with E-state index in [9.17, 15) is 9.59 Å². The topological polar surface area (TPSA) is 67.4 Å². The number of rotatable bonds is 7. The molecule has 0 unspecified atom stereocenters. The van der Waals surface area contributed by atoms with Crippen molar-refractivity contribution in [2.45, 2.75) is 20.3 Å². The van der Waals surface area contributed by atoms with Crippen LogP contribution in [0, 0.1) is 0 Å². The zero-order chi connectivity index (χ0) is 17.4. The molecule has 0 atom stereocenters. The fraction of sp³-hybridized carbons (Fsp3) is 0.263. The molecule has 2 aromatic rings. The Kier molecular flexibility index (Phi) is 6.37. The molecule has 2 N–H and O–H groups in total. The van der Waals surface area contributed by atoms with Crippen LogP contribution in [0.5, 0.6) is 5.75 Å². The van der Waals surface area contributed by atoms with Gasteiger partial charge in [0.15, 0.2) is 0 Å². The number of benzene rings is 2. The quantitative estimate of drug-likeness (QED) is 0.818. The van der Waals surface area contributed by atoms with Gasteiger partial charge in [0.05, 0.1) is 6.61 Å². The van der Waals surface area contributed by atoms with E-state index in [1.807, 2.05) is 13.8 Å². The van der Waals surface area contributed by atoms with Gasteiger partial charge in [0, 0.05) is 23.4 Å². The Balaban J connectivity index is 1.98. The van der Waals surface area contributed by atoms with Gasteiger partial charge in [0.1, 0.15) is 5.75 Å². The summed E-state index contributed by atoms with van der Waals surface area (Å²) in [6, 6.07) is 13.8. The lowest BCUT2D eigenvalue weighted by Crippen LogP contribution is -2.24. The Morgan fingerprint density at radius 1 is 0.875 bits per heavy atom. The molecular formula is C19H22N2O3. The van der Waals surface area contributed by atoms with E-state index in [0.717, 1.165) is 12.2 Å². The lowest BCUT2D eigenvalue weighted by molar-refractivity contribution is 0.0951. The maximum Gasteiger partial charge on any atom is 0.255 e. The van der Waals surface area contributed by atoms with Crippen LogP contribution >= 0.6 is 0 Å². The average Bonchev–Trinajstić information content (AvgIpc) is 2.61. The first-order valence-electron chi connectivity index (χ1n) is 8.06. The van der Waals surface area contributed by atoms with Gasteiger partial charge in [0.25, 0.3) is 11.8 Å². The summed E-state index contributed by atoms with van der Waals surface area (Å²) < 4.78 is 5.36. The predicted molar refractivity (Wildman–Crippen MR) is 94.6 cm³/mol. The zero-order valence-corrected chi connectivity index (χ0v) is 14.0. The van der Waals surface area contributed by atoms with E-state index < -0.39 is 0 Å². The van der Waals surface area contributed by atoms with E-state index in [4.69, 9.17) is 4.74 Å². The van der Waals surface area contributed by atoms with Crippen LogP contribution in [-0.4, -0.2) is 25.0 Å². The zero-order valence-electron chi connectivity index (χ0n) is 14.0. The monoisotopic (exact) mass is 326 g/mol. The summed E-state index contributed by atoms with van der Waals surface area (Å²) in [6.45, 7) is 5.15. The minimum atomic E-state index is -0.223.